The molecular formula is C16H31N. The molecule has 0 radical (unpaired) electrons. The maximum Gasteiger partial charge on any atom is 0.0165 e. The van der Waals surface area contributed by atoms with Crippen LogP contribution in [0.3, 0.4) is 0 Å². The van der Waals surface area contributed by atoms with E-state index in [1.165, 1.54) is 77.2 Å². The van der Waals surface area contributed by atoms with E-state index in [9.17, 15) is 0 Å². The van der Waals surface area contributed by atoms with E-state index in [4.69, 9.17) is 0 Å². The highest BCUT2D eigenvalue weighted by atomic mass is 14.9. The van der Waals surface area contributed by atoms with E-state index >= 15 is 0 Å². The van der Waals surface area contributed by atoms with Gasteiger partial charge in [-0.05, 0) is 25.8 Å². The van der Waals surface area contributed by atoms with Gasteiger partial charge in [-0.2, -0.15) is 0 Å². The van der Waals surface area contributed by atoms with E-state index in [1.54, 1.807) is 5.57 Å². The second-order valence-electron chi connectivity index (χ2n) is 5.41. The summed E-state index contributed by atoms with van der Waals surface area (Å²) in [6, 6.07) is 0. The number of unbranched alkanes of at least 4 members (excludes halogenated alkanes) is 9. The number of allylic oxidation sites excluding steroid dienone is 1. The first kappa shape index (κ1) is 14.8. The fourth-order valence-electron chi connectivity index (χ4n) is 2.52. The average Bonchev–Trinajstić information content (AvgIpc) is 2.85. The Balaban J connectivity index is 1.76. The van der Waals surface area contributed by atoms with E-state index in [1.807, 2.05) is 0 Å². The fourth-order valence-corrected chi connectivity index (χ4v) is 2.52. The van der Waals surface area contributed by atoms with Crippen LogP contribution >= 0.6 is 0 Å². The van der Waals surface area contributed by atoms with Crippen molar-refractivity contribution >= 4 is 0 Å². The van der Waals surface area contributed by atoms with Gasteiger partial charge in [0.15, 0.2) is 0 Å². The van der Waals surface area contributed by atoms with E-state index < -0.39 is 0 Å². The molecule has 0 aromatic carbocycles. The van der Waals surface area contributed by atoms with Crippen molar-refractivity contribution in [2.45, 2.75) is 77.6 Å². The second kappa shape index (κ2) is 10.8. The summed E-state index contributed by atoms with van der Waals surface area (Å²) >= 11 is 0. The molecule has 1 N–H and O–H groups in total. The highest BCUT2D eigenvalue weighted by Crippen LogP contribution is 2.12. The molecule has 1 rings (SSSR count). The third-order valence-corrected chi connectivity index (χ3v) is 3.72. The van der Waals surface area contributed by atoms with Crippen molar-refractivity contribution in [1.82, 2.24) is 5.32 Å². The van der Waals surface area contributed by atoms with Crippen molar-refractivity contribution in [2.24, 2.45) is 0 Å². The molecular weight excluding hydrogens is 206 g/mol. The fraction of sp³-hybridized carbons (Fsp3) is 0.875. The van der Waals surface area contributed by atoms with Crippen LogP contribution in [-0.4, -0.2) is 13.1 Å². The van der Waals surface area contributed by atoms with Crippen LogP contribution in [0.4, 0.5) is 0 Å². The van der Waals surface area contributed by atoms with Crippen molar-refractivity contribution in [2.75, 3.05) is 13.1 Å². The summed E-state index contributed by atoms with van der Waals surface area (Å²) in [5.74, 6) is 0. The SMILES string of the molecule is CCCCCCCCCCC/C=C1\CCNC1. The number of nitrogens with one attached hydrogen (secondary N) is 1. The predicted octanol–water partition coefficient (Wildman–Crippen LogP) is 4.83. The van der Waals surface area contributed by atoms with E-state index in [0.29, 0.717) is 0 Å². The van der Waals surface area contributed by atoms with Gasteiger partial charge in [0.2, 0.25) is 0 Å². The Morgan fingerprint density at radius 3 is 2.18 bits per heavy atom. The molecule has 1 fully saturated rings. The molecule has 1 aliphatic rings. The summed E-state index contributed by atoms with van der Waals surface area (Å²) in [5, 5.41) is 3.39. The Hall–Kier alpha value is -0.300. The minimum Gasteiger partial charge on any atom is -0.313 e. The lowest BCUT2D eigenvalue weighted by Gasteiger charge is -2.01. The van der Waals surface area contributed by atoms with Crippen LogP contribution in [0.5, 0.6) is 0 Å². The molecule has 1 nitrogen and oxygen atoms in total. The zero-order chi connectivity index (χ0) is 12.2. The molecule has 0 atom stereocenters. The maximum absolute atomic E-state index is 3.39. The van der Waals surface area contributed by atoms with Crippen molar-refractivity contribution in [3.8, 4) is 0 Å². The van der Waals surface area contributed by atoms with Crippen LogP contribution in [-0.2, 0) is 0 Å². The van der Waals surface area contributed by atoms with E-state index in [-0.39, 0.29) is 0 Å². The molecule has 1 heterocycles. The van der Waals surface area contributed by atoms with Gasteiger partial charge in [0, 0.05) is 6.54 Å². The molecule has 0 spiro atoms. The van der Waals surface area contributed by atoms with Gasteiger partial charge in [0.1, 0.15) is 0 Å². The summed E-state index contributed by atoms with van der Waals surface area (Å²) in [5.41, 5.74) is 1.64. The lowest BCUT2D eigenvalue weighted by molar-refractivity contribution is 0.566. The van der Waals surface area contributed by atoms with Crippen molar-refractivity contribution in [3.05, 3.63) is 11.6 Å². The topological polar surface area (TPSA) is 12.0 Å². The first-order chi connectivity index (χ1) is 8.43. The van der Waals surface area contributed by atoms with Crippen molar-refractivity contribution < 1.29 is 0 Å². The molecule has 100 valence electrons. The highest BCUT2D eigenvalue weighted by molar-refractivity contribution is 5.08. The molecule has 1 saturated heterocycles. The van der Waals surface area contributed by atoms with E-state index in [0.717, 1.165) is 6.54 Å². The molecule has 1 heteroatoms. The second-order valence-corrected chi connectivity index (χ2v) is 5.41. The van der Waals surface area contributed by atoms with Gasteiger partial charge in [-0.15, -0.1) is 0 Å². The summed E-state index contributed by atoms with van der Waals surface area (Å²) in [7, 11) is 0. The zero-order valence-electron chi connectivity index (χ0n) is 11.8. The first-order valence-corrected chi connectivity index (χ1v) is 7.82. The smallest absolute Gasteiger partial charge is 0.0165 e. The summed E-state index contributed by atoms with van der Waals surface area (Å²) in [4.78, 5) is 0. The van der Waals surface area contributed by atoms with Crippen LogP contribution in [0.25, 0.3) is 0 Å². The molecule has 0 aliphatic carbocycles. The monoisotopic (exact) mass is 237 g/mol. The van der Waals surface area contributed by atoms with Crippen LogP contribution < -0.4 is 5.32 Å². The van der Waals surface area contributed by atoms with Gasteiger partial charge in [0.05, 0.1) is 0 Å². The number of hydrogen-bond acceptors (Lipinski definition) is 1. The maximum atomic E-state index is 3.39. The van der Waals surface area contributed by atoms with Crippen molar-refractivity contribution in [3.63, 3.8) is 0 Å². The van der Waals surface area contributed by atoms with Gasteiger partial charge in [-0.25, -0.2) is 0 Å². The van der Waals surface area contributed by atoms with Gasteiger partial charge in [0.25, 0.3) is 0 Å². The number of rotatable bonds is 10. The van der Waals surface area contributed by atoms with Crippen LogP contribution in [0, 0.1) is 0 Å². The minimum absolute atomic E-state index is 1.15. The summed E-state index contributed by atoms with van der Waals surface area (Å²) in [6.45, 7) is 4.63. The predicted molar refractivity (Wildman–Crippen MR) is 77.4 cm³/mol. The summed E-state index contributed by atoms with van der Waals surface area (Å²) in [6.07, 6.45) is 18.0. The Morgan fingerprint density at radius 1 is 0.941 bits per heavy atom. The largest absolute Gasteiger partial charge is 0.313 e. The normalized spacial score (nSPS) is 18.1. The first-order valence-electron chi connectivity index (χ1n) is 7.82. The Kier molecular flexibility index (Phi) is 9.40. The Labute approximate surface area is 108 Å². The molecule has 0 amide bonds. The lowest BCUT2D eigenvalue weighted by Crippen LogP contribution is -2.04. The van der Waals surface area contributed by atoms with Crippen LogP contribution in [0.15, 0.2) is 11.6 Å². The Bertz CT molecular complexity index is 188. The highest BCUT2D eigenvalue weighted by Gasteiger charge is 2.03. The molecule has 17 heavy (non-hydrogen) atoms. The quantitative estimate of drug-likeness (QED) is 0.424. The van der Waals surface area contributed by atoms with Crippen LogP contribution in [0.1, 0.15) is 77.6 Å². The molecule has 0 unspecified atom stereocenters. The summed E-state index contributed by atoms with van der Waals surface area (Å²) < 4.78 is 0. The average molecular weight is 237 g/mol. The molecule has 1 aliphatic heterocycles. The van der Waals surface area contributed by atoms with Crippen molar-refractivity contribution in [1.29, 1.82) is 0 Å². The molecule has 0 saturated carbocycles. The Morgan fingerprint density at radius 2 is 1.59 bits per heavy atom. The minimum atomic E-state index is 1.15. The van der Waals surface area contributed by atoms with E-state index in [2.05, 4.69) is 18.3 Å². The molecule has 0 aromatic rings. The van der Waals surface area contributed by atoms with Gasteiger partial charge >= 0.3 is 0 Å². The van der Waals surface area contributed by atoms with Gasteiger partial charge in [-0.1, -0.05) is 69.9 Å². The third-order valence-electron chi connectivity index (χ3n) is 3.72. The van der Waals surface area contributed by atoms with Gasteiger partial charge in [-0.3, -0.25) is 0 Å². The lowest BCUT2D eigenvalue weighted by atomic mass is 10.1. The van der Waals surface area contributed by atoms with Gasteiger partial charge < -0.3 is 5.32 Å². The standard InChI is InChI=1S/C16H31N/c1-2-3-4-5-6-7-8-9-10-11-12-16-13-14-17-15-16/h12,17H,2-11,13-15H2,1H3/b16-12+. The molecule has 0 bridgehead atoms. The third kappa shape index (κ3) is 8.43. The van der Waals surface area contributed by atoms with Crippen LogP contribution in [0.2, 0.25) is 0 Å². The zero-order valence-corrected chi connectivity index (χ0v) is 11.8. The number of hydrogen-bond donors (Lipinski definition) is 1. The molecule has 0 aromatic heterocycles.